The van der Waals surface area contributed by atoms with E-state index in [0.717, 1.165) is 65.4 Å². The van der Waals surface area contributed by atoms with Gasteiger partial charge >= 0.3 is 7.12 Å². The van der Waals surface area contributed by atoms with Crippen LogP contribution in [0.15, 0.2) is 72.8 Å². The second kappa shape index (κ2) is 24.0. The Bertz CT molecular complexity index is 1500. The zero-order valence-corrected chi connectivity index (χ0v) is 29.9. The van der Waals surface area contributed by atoms with Gasteiger partial charge in [0.25, 0.3) is 0 Å². The van der Waals surface area contributed by atoms with E-state index in [-0.39, 0.29) is 38.8 Å². The number of benzene rings is 2. The van der Waals surface area contributed by atoms with Gasteiger partial charge in [-0.3, -0.25) is 44.8 Å². The largest absolute Gasteiger partial charge is 0.545 e. The summed E-state index contributed by atoms with van der Waals surface area (Å²) in [5, 5.41) is 23.9. The Labute approximate surface area is 301 Å². The number of carbonyl (C=O) groups is 2. The number of fused-ring (bicyclic) bond motifs is 2. The molecule has 3 N–H and O–H groups in total. The first-order chi connectivity index (χ1) is 23.5. The van der Waals surface area contributed by atoms with Crippen LogP contribution in [0.3, 0.4) is 0 Å². The summed E-state index contributed by atoms with van der Waals surface area (Å²) in [4.78, 5) is 61.6. The number of rotatable bonds is 13. The fourth-order valence-corrected chi connectivity index (χ4v) is 5.64. The van der Waals surface area contributed by atoms with Gasteiger partial charge in [0.15, 0.2) is 0 Å². The van der Waals surface area contributed by atoms with Crippen LogP contribution in [0.25, 0.3) is 21.8 Å². The molecule has 4 aromatic rings. The van der Waals surface area contributed by atoms with E-state index in [0.29, 0.717) is 32.5 Å². The summed E-state index contributed by atoms with van der Waals surface area (Å²) in [7, 11) is -1.55. The Balaban J connectivity index is 0.00000163. The van der Waals surface area contributed by atoms with Crippen molar-refractivity contribution < 1.29 is 54.4 Å². The van der Waals surface area contributed by atoms with Crippen molar-refractivity contribution in [3.05, 3.63) is 84.2 Å². The van der Waals surface area contributed by atoms with Gasteiger partial charge in [-0.15, -0.1) is 0 Å². The summed E-state index contributed by atoms with van der Waals surface area (Å²) in [6, 6.07) is 24.6. The molecule has 14 heteroatoms. The number of aromatic nitrogens is 2. The predicted octanol–water partition coefficient (Wildman–Crippen LogP) is 2.64. The van der Waals surface area contributed by atoms with Gasteiger partial charge in [-0.2, -0.15) is 0 Å². The van der Waals surface area contributed by atoms with Crippen LogP contribution >= 0.6 is 0 Å². The van der Waals surface area contributed by atoms with E-state index in [4.69, 9.17) is 24.4 Å². The zero-order valence-electron chi connectivity index (χ0n) is 27.2. The van der Waals surface area contributed by atoms with Crippen LogP contribution in [-0.4, -0.2) is 94.7 Å². The Morgan fingerprint density at radius 2 is 1.33 bits per heavy atom. The Morgan fingerprint density at radius 3 is 1.86 bits per heavy atom. The second-order valence-corrected chi connectivity index (χ2v) is 11.0. The molecule has 261 valence electrons. The Kier molecular flexibility index (Phi) is 21.0. The van der Waals surface area contributed by atoms with Crippen LogP contribution in [0.4, 0.5) is 0 Å². The maximum absolute atomic E-state index is 12.4. The quantitative estimate of drug-likeness (QED) is 0.0788. The molecule has 2 amide bonds. The Morgan fingerprint density at radius 1 is 0.796 bits per heavy atom. The molecule has 0 saturated carbocycles. The maximum atomic E-state index is 12.4. The summed E-state index contributed by atoms with van der Waals surface area (Å²) >= 11 is 0. The molecule has 49 heavy (non-hydrogen) atoms. The van der Waals surface area contributed by atoms with Crippen LogP contribution in [0.1, 0.15) is 49.9 Å². The number of nitrogens with zero attached hydrogens (tertiary/aromatic N) is 4. The molecule has 1 aliphatic rings. The van der Waals surface area contributed by atoms with Crippen LogP contribution in [-0.2, 0) is 57.5 Å². The van der Waals surface area contributed by atoms with Crippen molar-refractivity contribution in [3.8, 4) is 0 Å². The van der Waals surface area contributed by atoms with Gasteiger partial charge in [0.05, 0.1) is 34.9 Å². The van der Waals surface area contributed by atoms with Crippen LogP contribution in [0.2, 0.25) is 0 Å². The summed E-state index contributed by atoms with van der Waals surface area (Å²) in [5.74, 6) is -1.03. The molecule has 1 saturated heterocycles. The van der Waals surface area contributed by atoms with Crippen LogP contribution in [0.5, 0.6) is 0 Å². The number of carbonyl (C=O) groups excluding carboxylic acids is 5. The number of hydrogen-bond donors (Lipinski definition) is 3. The SMILES string of the molecule is O=C(CCCCCN(Cc1ccc2ccccc2n1)Cc1ccc2ccccc2n1)NCC(=O)N1CCC[C@H]1B(O)O.[CH-]=O.[CH-]=O.[CH-]=O.[Re]. The van der Waals surface area contributed by atoms with Crippen molar-refractivity contribution in [3.63, 3.8) is 0 Å². The van der Waals surface area contributed by atoms with Gasteiger partial charge in [0, 0.05) is 57.3 Å². The minimum absolute atomic E-state index is 0. The monoisotopic (exact) mass is 841 g/mol. The first-order valence-electron chi connectivity index (χ1n) is 15.5. The molecule has 1 fully saturated rings. The molecule has 3 heterocycles. The first kappa shape index (κ1) is 42.8. The molecular weight excluding hydrogens is 799 g/mol. The van der Waals surface area contributed by atoms with Gasteiger partial charge in [0.2, 0.25) is 11.8 Å². The average Bonchev–Trinajstić information content (AvgIpc) is 3.64. The summed E-state index contributed by atoms with van der Waals surface area (Å²) in [6.45, 7) is 12.3. The smallest absolute Gasteiger partial charge is 0.475 e. The van der Waals surface area contributed by atoms with Crippen molar-refractivity contribution in [2.75, 3.05) is 19.6 Å². The van der Waals surface area contributed by atoms with E-state index in [2.05, 4.69) is 67.0 Å². The van der Waals surface area contributed by atoms with Gasteiger partial charge in [0.1, 0.15) is 0 Å². The number of para-hydroxylation sites is 2. The molecule has 2 aromatic heterocycles. The van der Waals surface area contributed by atoms with E-state index < -0.39 is 13.1 Å². The molecule has 1 radical (unpaired) electrons. The predicted molar refractivity (Wildman–Crippen MR) is 184 cm³/mol. The standard InChI is InChI=1S/C32H38BN5O4.3CHO.Re/c39-31(34-21-32(40)38-20-8-13-30(38)33(41)42)14-2-1-7-19-37(22-26-17-15-24-9-3-5-11-28(24)35-26)23-27-18-16-25-10-4-6-12-29(25)36-27;3*1-2;/h3-6,9-12,15-18,30,41-42H,1-2,7-8,13-14,19-23H2,(H,34,39);3*1H;/q;3*-1;/t30-;;;;/m0..../s1. The van der Waals surface area contributed by atoms with Crippen molar-refractivity contribution >= 4 is 61.1 Å². The van der Waals surface area contributed by atoms with E-state index in [1.807, 2.05) is 36.4 Å². The zero-order chi connectivity index (χ0) is 35.3. The molecule has 1 atom stereocenters. The van der Waals surface area contributed by atoms with E-state index in [1.54, 1.807) is 0 Å². The number of pyridine rings is 2. The minimum atomic E-state index is -1.55. The summed E-state index contributed by atoms with van der Waals surface area (Å²) < 4.78 is 0. The molecule has 0 unspecified atom stereocenters. The molecule has 2 aromatic carbocycles. The van der Waals surface area contributed by atoms with Crippen molar-refractivity contribution in [2.24, 2.45) is 0 Å². The van der Waals surface area contributed by atoms with Gasteiger partial charge < -0.3 is 34.6 Å². The van der Waals surface area contributed by atoms with Crippen molar-refractivity contribution in [1.29, 1.82) is 0 Å². The minimum Gasteiger partial charge on any atom is -0.545 e. The van der Waals surface area contributed by atoms with Gasteiger partial charge in [-0.1, -0.05) is 55.0 Å². The number of unbranched alkanes of at least 4 members (excludes halogenated alkanes) is 2. The van der Waals surface area contributed by atoms with Crippen LogP contribution < -0.4 is 5.32 Å². The summed E-state index contributed by atoms with van der Waals surface area (Å²) in [5.41, 5.74) is 3.98. The first-order valence-corrected chi connectivity index (χ1v) is 15.5. The number of amides is 2. The van der Waals surface area contributed by atoms with Crippen LogP contribution in [0, 0.1) is 0 Å². The average molecular weight is 841 g/mol. The maximum Gasteiger partial charge on any atom is 0.475 e. The normalized spacial score (nSPS) is 13.1. The van der Waals surface area contributed by atoms with Gasteiger partial charge in [-0.25, -0.2) is 0 Å². The van der Waals surface area contributed by atoms with Crippen molar-refractivity contribution in [1.82, 2.24) is 25.1 Å². The van der Waals surface area contributed by atoms with Crippen molar-refractivity contribution in [2.45, 2.75) is 57.6 Å². The molecule has 1 aliphatic heterocycles. The fraction of sp³-hybridized carbons (Fsp3) is 0.343. The third-order valence-electron chi connectivity index (χ3n) is 7.86. The number of nitrogens with one attached hydrogen (secondary N) is 1. The second-order valence-electron chi connectivity index (χ2n) is 11.0. The van der Waals surface area contributed by atoms with E-state index >= 15 is 0 Å². The van der Waals surface area contributed by atoms with E-state index in [1.165, 1.54) is 4.90 Å². The fourth-order valence-electron chi connectivity index (χ4n) is 5.64. The third-order valence-corrected chi connectivity index (χ3v) is 7.86. The number of likely N-dealkylation sites (tertiary alicyclic amines) is 1. The molecule has 0 aliphatic carbocycles. The molecule has 12 nitrogen and oxygen atoms in total. The summed E-state index contributed by atoms with van der Waals surface area (Å²) in [6.07, 6.45) is 4.14. The topological polar surface area (TPSA) is 170 Å². The van der Waals surface area contributed by atoms with E-state index in [9.17, 15) is 19.6 Å². The molecule has 0 spiro atoms. The third kappa shape index (κ3) is 13.7. The Hall–Kier alpha value is -4.18. The molecule has 5 rings (SSSR count). The molecular formula is C35H41BN5O7Re-3. The number of hydrogen-bond acceptors (Lipinski definition) is 10. The molecule has 0 bridgehead atoms. The van der Waals surface area contributed by atoms with Gasteiger partial charge in [-0.05, 0) is 56.5 Å².